The minimum Gasteiger partial charge on any atom is -0.619 e. The van der Waals surface area contributed by atoms with Crippen molar-refractivity contribution in [2.75, 3.05) is 0 Å². The van der Waals surface area contributed by atoms with Crippen LogP contribution < -0.4 is 15.8 Å². The first-order valence-corrected chi connectivity index (χ1v) is 5.80. The molecule has 0 saturated heterocycles. The van der Waals surface area contributed by atoms with E-state index in [-0.39, 0.29) is 5.54 Å². The van der Waals surface area contributed by atoms with Crippen LogP contribution in [-0.4, -0.2) is 17.4 Å². The van der Waals surface area contributed by atoms with Crippen LogP contribution in [0.5, 0.6) is 0 Å². The molecule has 0 spiro atoms. The van der Waals surface area contributed by atoms with Gasteiger partial charge in [0.15, 0.2) is 12.4 Å². The van der Waals surface area contributed by atoms with Crippen molar-refractivity contribution in [3.05, 3.63) is 35.3 Å². The molecule has 2 rings (SSSR count). The van der Waals surface area contributed by atoms with Crippen molar-refractivity contribution in [1.29, 1.82) is 0 Å². The van der Waals surface area contributed by atoms with E-state index < -0.39 is 11.8 Å². The number of pyridine rings is 1. The first-order valence-electron chi connectivity index (χ1n) is 5.80. The molecule has 0 unspecified atom stereocenters. The number of rotatable bonds is 3. The summed E-state index contributed by atoms with van der Waals surface area (Å²) in [4.78, 5) is 22.1. The molecule has 6 heteroatoms. The summed E-state index contributed by atoms with van der Waals surface area (Å²) in [5.74, 6) is -1.71. The van der Waals surface area contributed by atoms with Gasteiger partial charge in [-0.2, -0.15) is 4.73 Å². The molecule has 1 aromatic heterocycles. The summed E-state index contributed by atoms with van der Waals surface area (Å²) in [6.07, 6.45) is 6.08. The number of amides is 2. The number of hydrogen-bond acceptors (Lipinski definition) is 3. The standard InChI is InChI=1S/C12H15N3O3/c13-10(16)11(17)14-12(4-1-5-12)8-9-2-6-15(18)7-3-9/h2-3,6-7H,1,4-5,8H2,(H2,13,16)(H,14,17). The molecule has 18 heavy (non-hydrogen) atoms. The number of carbonyl (C=O) groups is 2. The number of primary amides is 1. The van der Waals surface area contributed by atoms with Gasteiger partial charge in [-0.05, 0) is 31.2 Å². The second-order valence-corrected chi connectivity index (χ2v) is 4.70. The van der Waals surface area contributed by atoms with E-state index >= 15 is 0 Å². The van der Waals surface area contributed by atoms with Crippen molar-refractivity contribution in [3.63, 3.8) is 0 Å². The van der Waals surface area contributed by atoms with E-state index in [2.05, 4.69) is 5.32 Å². The minimum absolute atomic E-state index is 0.388. The van der Waals surface area contributed by atoms with E-state index in [4.69, 9.17) is 5.73 Å². The van der Waals surface area contributed by atoms with Gasteiger partial charge in [-0.3, -0.25) is 9.59 Å². The number of nitrogens with two attached hydrogens (primary N) is 1. The van der Waals surface area contributed by atoms with Gasteiger partial charge in [0, 0.05) is 17.7 Å². The van der Waals surface area contributed by atoms with Gasteiger partial charge in [-0.25, -0.2) is 0 Å². The predicted molar refractivity (Wildman–Crippen MR) is 63.0 cm³/mol. The van der Waals surface area contributed by atoms with Crippen LogP contribution in [0.4, 0.5) is 0 Å². The third-order valence-corrected chi connectivity index (χ3v) is 3.33. The maximum absolute atomic E-state index is 11.4. The fraction of sp³-hybridized carbons (Fsp3) is 0.417. The number of hydrogen-bond donors (Lipinski definition) is 2. The topological polar surface area (TPSA) is 99.1 Å². The Hall–Kier alpha value is -2.11. The SMILES string of the molecule is NC(=O)C(=O)NC1(Cc2cc[n+]([O-])cc2)CCC1. The Kier molecular flexibility index (Phi) is 3.18. The molecule has 3 N–H and O–H groups in total. The Balaban J connectivity index is 2.06. The first-order chi connectivity index (χ1) is 8.51. The second-order valence-electron chi connectivity index (χ2n) is 4.70. The molecule has 1 heterocycles. The Bertz CT molecular complexity index is 466. The Morgan fingerprint density at radius 3 is 2.44 bits per heavy atom. The third kappa shape index (κ3) is 2.58. The van der Waals surface area contributed by atoms with Gasteiger partial charge in [-0.15, -0.1) is 0 Å². The average Bonchev–Trinajstić information content (AvgIpc) is 2.28. The molecular weight excluding hydrogens is 234 g/mol. The summed E-state index contributed by atoms with van der Waals surface area (Å²) >= 11 is 0. The number of nitrogens with one attached hydrogen (secondary N) is 1. The fourth-order valence-corrected chi connectivity index (χ4v) is 2.20. The van der Waals surface area contributed by atoms with E-state index in [0.717, 1.165) is 24.8 Å². The van der Waals surface area contributed by atoms with E-state index in [0.29, 0.717) is 11.2 Å². The van der Waals surface area contributed by atoms with E-state index in [1.165, 1.54) is 12.4 Å². The van der Waals surface area contributed by atoms with Crippen molar-refractivity contribution in [2.45, 2.75) is 31.2 Å². The zero-order valence-electron chi connectivity index (χ0n) is 9.89. The van der Waals surface area contributed by atoms with Crippen LogP contribution in [0.2, 0.25) is 0 Å². The Morgan fingerprint density at radius 2 is 2.00 bits per heavy atom. The summed E-state index contributed by atoms with van der Waals surface area (Å²) < 4.78 is 0.707. The summed E-state index contributed by atoms with van der Waals surface area (Å²) in [5.41, 5.74) is 5.50. The first kappa shape index (κ1) is 12.3. The zero-order valence-corrected chi connectivity index (χ0v) is 9.89. The molecule has 0 atom stereocenters. The van der Waals surface area contributed by atoms with Crippen molar-refractivity contribution >= 4 is 11.8 Å². The predicted octanol–water partition coefficient (Wildman–Crippen LogP) is -0.613. The molecule has 6 nitrogen and oxygen atoms in total. The van der Waals surface area contributed by atoms with Gasteiger partial charge in [0.1, 0.15) is 0 Å². The molecule has 1 saturated carbocycles. The van der Waals surface area contributed by atoms with Gasteiger partial charge < -0.3 is 16.3 Å². The summed E-state index contributed by atoms with van der Waals surface area (Å²) in [7, 11) is 0. The van der Waals surface area contributed by atoms with Crippen LogP contribution in [0.15, 0.2) is 24.5 Å². The van der Waals surface area contributed by atoms with Gasteiger partial charge >= 0.3 is 11.8 Å². The second kappa shape index (κ2) is 4.64. The molecule has 1 aromatic rings. The molecule has 0 radical (unpaired) electrons. The van der Waals surface area contributed by atoms with Crippen LogP contribution in [0, 0.1) is 5.21 Å². The largest absolute Gasteiger partial charge is 0.619 e. The van der Waals surface area contributed by atoms with Gasteiger partial charge in [-0.1, -0.05) is 0 Å². The lowest BCUT2D eigenvalue weighted by molar-refractivity contribution is -0.605. The van der Waals surface area contributed by atoms with Gasteiger partial charge in [0.2, 0.25) is 0 Å². The highest BCUT2D eigenvalue weighted by Crippen LogP contribution is 2.34. The van der Waals surface area contributed by atoms with Crippen molar-refractivity contribution in [1.82, 2.24) is 5.32 Å². The summed E-state index contributed by atoms with van der Waals surface area (Å²) in [6, 6.07) is 3.42. The Labute approximate surface area is 104 Å². The average molecular weight is 249 g/mol. The number of carbonyl (C=O) groups excluding carboxylic acids is 2. The van der Waals surface area contributed by atoms with E-state index in [1.807, 2.05) is 0 Å². The maximum atomic E-state index is 11.4. The van der Waals surface area contributed by atoms with Crippen LogP contribution in [0.25, 0.3) is 0 Å². The van der Waals surface area contributed by atoms with Crippen LogP contribution in [0.1, 0.15) is 24.8 Å². The molecular formula is C12H15N3O3. The van der Waals surface area contributed by atoms with Crippen LogP contribution >= 0.6 is 0 Å². The molecule has 1 fully saturated rings. The lowest BCUT2D eigenvalue weighted by atomic mass is 9.73. The minimum atomic E-state index is -0.966. The normalized spacial score (nSPS) is 16.7. The Morgan fingerprint density at radius 1 is 1.39 bits per heavy atom. The third-order valence-electron chi connectivity index (χ3n) is 3.33. The van der Waals surface area contributed by atoms with E-state index in [9.17, 15) is 14.8 Å². The summed E-state index contributed by atoms with van der Waals surface area (Å²) in [6.45, 7) is 0. The number of aromatic nitrogens is 1. The molecule has 2 amide bonds. The van der Waals surface area contributed by atoms with E-state index in [1.54, 1.807) is 12.1 Å². The number of nitrogens with zero attached hydrogens (tertiary/aromatic N) is 1. The monoisotopic (exact) mass is 249 g/mol. The molecule has 1 aliphatic carbocycles. The highest BCUT2D eigenvalue weighted by Gasteiger charge is 2.39. The lowest BCUT2D eigenvalue weighted by Gasteiger charge is -2.42. The molecule has 0 aromatic carbocycles. The van der Waals surface area contributed by atoms with Crippen LogP contribution in [-0.2, 0) is 16.0 Å². The van der Waals surface area contributed by atoms with Gasteiger partial charge in [0.25, 0.3) is 0 Å². The molecule has 1 aliphatic rings. The fourth-order valence-electron chi connectivity index (χ4n) is 2.20. The zero-order chi connectivity index (χ0) is 13.2. The molecule has 0 aliphatic heterocycles. The highest BCUT2D eigenvalue weighted by atomic mass is 16.5. The van der Waals surface area contributed by atoms with Crippen LogP contribution in [0.3, 0.4) is 0 Å². The molecule has 96 valence electrons. The quantitative estimate of drug-likeness (QED) is 0.424. The van der Waals surface area contributed by atoms with Crippen molar-refractivity contribution in [2.24, 2.45) is 5.73 Å². The highest BCUT2D eigenvalue weighted by molar-refractivity contribution is 6.34. The smallest absolute Gasteiger partial charge is 0.309 e. The maximum Gasteiger partial charge on any atom is 0.309 e. The lowest BCUT2D eigenvalue weighted by Crippen LogP contribution is -2.57. The summed E-state index contributed by atoms with van der Waals surface area (Å²) in [5, 5.41) is 13.6. The van der Waals surface area contributed by atoms with Gasteiger partial charge in [0.05, 0.1) is 0 Å². The van der Waals surface area contributed by atoms with Crippen molar-refractivity contribution < 1.29 is 14.3 Å². The molecule has 0 bridgehead atoms. The van der Waals surface area contributed by atoms with Crippen molar-refractivity contribution in [3.8, 4) is 0 Å².